The van der Waals surface area contributed by atoms with Gasteiger partial charge in [-0.3, -0.25) is 0 Å². The van der Waals surface area contributed by atoms with Crippen molar-refractivity contribution in [1.29, 1.82) is 0 Å². The predicted molar refractivity (Wildman–Crippen MR) is 67.8 cm³/mol. The number of imidazole rings is 1. The molecule has 0 aliphatic carbocycles. The Kier molecular flexibility index (Phi) is 3.41. The normalized spacial score (nSPS) is 12.9. The van der Waals surface area contributed by atoms with Crippen molar-refractivity contribution in [1.82, 2.24) is 14.9 Å². The molecule has 0 saturated heterocycles. The monoisotopic (exact) mass is 235 g/mol. The third-order valence-electron chi connectivity index (χ3n) is 2.72. The van der Waals surface area contributed by atoms with E-state index < -0.39 is 0 Å². The summed E-state index contributed by atoms with van der Waals surface area (Å²) in [6.07, 6.45) is 3.79. The number of thiophene rings is 1. The zero-order valence-electron chi connectivity index (χ0n) is 9.90. The fraction of sp³-hybridized carbons (Fsp3) is 0.417. The molecule has 0 aliphatic heterocycles. The van der Waals surface area contributed by atoms with Crippen molar-refractivity contribution in [3.05, 3.63) is 40.1 Å². The van der Waals surface area contributed by atoms with Crippen LogP contribution in [0.4, 0.5) is 0 Å². The van der Waals surface area contributed by atoms with E-state index >= 15 is 0 Å². The molecule has 0 aromatic carbocycles. The summed E-state index contributed by atoms with van der Waals surface area (Å²) < 4.78 is 2.08. The van der Waals surface area contributed by atoms with Gasteiger partial charge in [-0.25, -0.2) is 4.98 Å². The van der Waals surface area contributed by atoms with Crippen molar-refractivity contribution in [2.45, 2.75) is 19.9 Å². The van der Waals surface area contributed by atoms with Gasteiger partial charge in [0.1, 0.15) is 0 Å². The van der Waals surface area contributed by atoms with E-state index in [0.717, 1.165) is 6.54 Å². The maximum absolute atomic E-state index is 4.19. The maximum atomic E-state index is 4.19. The van der Waals surface area contributed by atoms with Gasteiger partial charge in [-0.2, -0.15) is 0 Å². The molecule has 0 saturated carbocycles. The Morgan fingerprint density at radius 1 is 1.56 bits per heavy atom. The molecule has 4 heteroatoms. The first-order valence-corrected chi connectivity index (χ1v) is 6.35. The third kappa shape index (κ3) is 2.03. The first kappa shape index (κ1) is 11.4. The summed E-state index contributed by atoms with van der Waals surface area (Å²) in [5.41, 5.74) is 2.56. The molecule has 0 radical (unpaired) electrons. The highest BCUT2D eigenvalue weighted by Gasteiger charge is 2.18. The maximum Gasteiger partial charge on any atom is 0.0946 e. The van der Waals surface area contributed by atoms with E-state index in [0.29, 0.717) is 0 Å². The van der Waals surface area contributed by atoms with Crippen LogP contribution in [0.5, 0.6) is 0 Å². The molecule has 1 N–H and O–H groups in total. The van der Waals surface area contributed by atoms with E-state index in [-0.39, 0.29) is 6.04 Å². The van der Waals surface area contributed by atoms with Gasteiger partial charge in [0.15, 0.2) is 0 Å². The minimum Gasteiger partial charge on any atom is -0.336 e. The lowest BCUT2D eigenvalue weighted by Crippen LogP contribution is -2.23. The molecule has 0 aliphatic rings. The Bertz CT molecular complexity index is 418. The van der Waals surface area contributed by atoms with Crippen molar-refractivity contribution < 1.29 is 0 Å². The van der Waals surface area contributed by atoms with Crippen molar-refractivity contribution in [2.75, 3.05) is 6.54 Å². The van der Waals surface area contributed by atoms with Crippen LogP contribution in [0.15, 0.2) is 24.0 Å². The quantitative estimate of drug-likeness (QED) is 0.882. The van der Waals surface area contributed by atoms with Gasteiger partial charge in [-0.1, -0.05) is 6.92 Å². The van der Waals surface area contributed by atoms with Crippen LogP contribution in [0.25, 0.3) is 0 Å². The first-order valence-electron chi connectivity index (χ1n) is 5.47. The van der Waals surface area contributed by atoms with E-state index in [1.807, 2.05) is 19.6 Å². The van der Waals surface area contributed by atoms with Crippen LogP contribution in [0.3, 0.4) is 0 Å². The number of aryl methyl sites for hydroxylation is 2. The highest BCUT2D eigenvalue weighted by molar-refractivity contribution is 7.10. The number of hydrogen-bond donors (Lipinski definition) is 1. The summed E-state index contributed by atoms with van der Waals surface area (Å²) in [6.45, 7) is 5.24. The molecule has 2 heterocycles. The van der Waals surface area contributed by atoms with E-state index in [9.17, 15) is 0 Å². The largest absolute Gasteiger partial charge is 0.336 e. The van der Waals surface area contributed by atoms with Gasteiger partial charge in [-0.15, -0.1) is 11.3 Å². The first-order chi connectivity index (χ1) is 7.74. The topological polar surface area (TPSA) is 29.9 Å². The van der Waals surface area contributed by atoms with Gasteiger partial charge in [0.2, 0.25) is 0 Å². The average molecular weight is 235 g/mol. The highest BCUT2D eigenvalue weighted by atomic mass is 32.1. The van der Waals surface area contributed by atoms with Crippen molar-refractivity contribution in [3.8, 4) is 0 Å². The SMILES string of the molecule is CCNC(c1sccc1C)c1cncn1C. The molecule has 1 atom stereocenters. The van der Waals surface area contributed by atoms with Crippen LogP contribution < -0.4 is 5.32 Å². The Morgan fingerprint density at radius 3 is 2.88 bits per heavy atom. The molecule has 2 rings (SSSR count). The zero-order chi connectivity index (χ0) is 11.5. The van der Waals surface area contributed by atoms with Crippen molar-refractivity contribution >= 4 is 11.3 Å². The minimum atomic E-state index is 0.262. The summed E-state index contributed by atoms with van der Waals surface area (Å²) in [7, 11) is 2.04. The third-order valence-corrected chi connectivity index (χ3v) is 3.81. The predicted octanol–water partition coefficient (Wildman–Crippen LogP) is 2.49. The van der Waals surface area contributed by atoms with Crippen molar-refractivity contribution in [2.24, 2.45) is 7.05 Å². The smallest absolute Gasteiger partial charge is 0.0946 e. The summed E-state index contributed by atoms with van der Waals surface area (Å²) in [6, 6.07) is 2.43. The van der Waals surface area contributed by atoms with E-state index in [1.54, 1.807) is 11.3 Å². The van der Waals surface area contributed by atoms with Crippen LogP contribution in [-0.2, 0) is 7.05 Å². The molecule has 2 aromatic rings. The lowest BCUT2D eigenvalue weighted by molar-refractivity contribution is 0.599. The van der Waals surface area contributed by atoms with Gasteiger partial charge in [0, 0.05) is 11.9 Å². The number of aromatic nitrogens is 2. The van der Waals surface area contributed by atoms with Crippen LogP contribution in [0, 0.1) is 6.92 Å². The van der Waals surface area contributed by atoms with Gasteiger partial charge in [0.25, 0.3) is 0 Å². The fourth-order valence-corrected chi connectivity index (χ4v) is 2.87. The standard InChI is InChI=1S/C12H17N3S/c1-4-14-11(10-7-13-8-15(10)3)12-9(2)5-6-16-12/h5-8,11,14H,4H2,1-3H3. The molecule has 2 aromatic heterocycles. The van der Waals surface area contributed by atoms with Crippen LogP contribution in [0.2, 0.25) is 0 Å². The van der Waals surface area contributed by atoms with Crippen molar-refractivity contribution in [3.63, 3.8) is 0 Å². The molecule has 0 amide bonds. The van der Waals surface area contributed by atoms with Gasteiger partial charge < -0.3 is 9.88 Å². The molecule has 0 bridgehead atoms. The second kappa shape index (κ2) is 4.80. The Morgan fingerprint density at radius 2 is 2.38 bits per heavy atom. The molecular formula is C12H17N3S. The van der Waals surface area contributed by atoms with Gasteiger partial charge in [-0.05, 0) is 30.5 Å². The average Bonchev–Trinajstić information content (AvgIpc) is 2.84. The van der Waals surface area contributed by atoms with Crippen LogP contribution >= 0.6 is 11.3 Å². The van der Waals surface area contributed by atoms with Gasteiger partial charge >= 0.3 is 0 Å². The number of rotatable bonds is 4. The van der Waals surface area contributed by atoms with E-state index in [1.165, 1.54) is 16.1 Å². The Hall–Kier alpha value is -1.13. The number of nitrogens with zero attached hydrogens (tertiary/aromatic N) is 2. The zero-order valence-corrected chi connectivity index (χ0v) is 10.7. The molecule has 16 heavy (non-hydrogen) atoms. The van der Waals surface area contributed by atoms with Crippen LogP contribution in [-0.4, -0.2) is 16.1 Å². The molecule has 0 spiro atoms. The summed E-state index contributed by atoms with van der Waals surface area (Å²) in [4.78, 5) is 5.57. The fourth-order valence-electron chi connectivity index (χ4n) is 1.86. The van der Waals surface area contributed by atoms with E-state index in [4.69, 9.17) is 0 Å². The Balaban J connectivity index is 2.39. The molecule has 1 unspecified atom stereocenters. The lowest BCUT2D eigenvalue weighted by atomic mass is 10.1. The van der Waals surface area contributed by atoms with E-state index in [2.05, 4.69) is 40.2 Å². The van der Waals surface area contributed by atoms with Gasteiger partial charge in [0.05, 0.1) is 24.3 Å². The summed E-state index contributed by atoms with van der Waals surface area (Å²) >= 11 is 1.80. The molecule has 86 valence electrons. The Labute approximate surface area is 100 Å². The molecule has 0 fully saturated rings. The molecular weight excluding hydrogens is 218 g/mol. The second-order valence-electron chi connectivity index (χ2n) is 3.89. The summed E-state index contributed by atoms with van der Waals surface area (Å²) in [5.74, 6) is 0. The minimum absolute atomic E-state index is 0.262. The second-order valence-corrected chi connectivity index (χ2v) is 4.84. The van der Waals surface area contributed by atoms with Crippen LogP contribution in [0.1, 0.15) is 29.1 Å². The number of nitrogens with one attached hydrogen (secondary N) is 1. The summed E-state index contributed by atoms with van der Waals surface area (Å²) in [5, 5.41) is 5.66. The molecule has 3 nitrogen and oxygen atoms in total. The lowest BCUT2D eigenvalue weighted by Gasteiger charge is -2.18. The number of hydrogen-bond acceptors (Lipinski definition) is 3. The highest BCUT2D eigenvalue weighted by Crippen LogP contribution is 2.28.